The molecule has 35 heavy (non-hydrogen) atoms. The summed E-state index contributed by atoms with van der Waals surface area (Å²) < 4.78 is 9.32. The van der Waals surface area contributed by atoms with Crippen LogP contribution in [0.2, 0.25) is 0 Å². The van der Waals surface area contributed by atoms with Gasteiger partial charge in [0.1, 0.15) is 5.75 Å². The first kappa shape index (κ1) is 22.3. The monoisotopic (exact) mass is 466 g/mol. The fraction of sp³-hybridized carbons (Fsp3) is 0.185. The highest BCUT2D eigenvalue weighted by Gasteiger charge is 2.17. The Labute approximate surface area is 203 Å². The summed E-state index contributed by atoms with van der Waals surface area (Å²) in [5, 5.41) is 12.4. The summed E-state index contributed by atoms with van der Waals surface area (Å²) in [7, 11) is 1.88. The Morgan fingerprint density at radius 2 is 1.86 bits per heavy atom. The normalized spacial score (nSPS) is 11.1. The van der Waals surface area contributed by atoms with Crippen LogP contribution in [0, 0.1) is 20.8 Å². The van der Waals surface area contributed by atoms with Crippen LogP contribution >= 0.6 is 0 Å². The van der Waals surface area contributed by atoms with E-state index in [1.165, 1.54) is 5.56 Å². The number of nitrogens with one attached hydrogen (secondary N) is 1. The molecule has 2 aromatic carbocycles. The Kier molecular flexibility index (Phi) is 5.78. The number of para-hydroxylation sites is 1. The highest BCUT2D eigenvalue weighted by atomic mass is 16.5. The summed E-state index contributed by atoms with van der Waals surface area (Å²) in [6, 6.07) is 15.5. The highest BCUT2D eigenvalue weighted by Crippen LogP contribution is 2.27. The van der Waals surface area contributed by atoms with Crippen molar-refractivity contribution in [2.45, 2.75) is 27.5 Å². The molecule has 1 N–H and O–H groups in total. The van der Waals surface area contributed by atoms with Crippen molar-refractivity contribution in [3.8, 4) is 17.0 Å². The van der Waals surface area contributed by atoms with E-state index in [4.69, 9.17) is 9.72 Å². The Bertz CT molecular complexity index is 1550. The van der Waals surface area contributed by atoms with Gasteiger partial charge in [-0.15, -0.1) is 0 Å². The van der Waals surface area contributed by atoms with Gasteiger partial charge >= 0.3 is 0 Å². The van der Waals surface area contributed by atoms with Crippen LogP contribution in [0.5, 0.6) is 5.75 Å². The lowest BCUT2D eigenvalue weighted by atomic mass is 10.0. The van der Waals surface area contributed by atoms with Gasteiger partial charge in [-0.3, -0.25) is 9.48 Å². The van der Waals surface area contributed by atoms with E-state index >= 15 is 0 Å². The summed E-state index contributed by atoms with van der Waals surface area (Å²) in [4.78, 5) is 18.1. The van der Waals surface area contributed by atoms with Crippen LogP contribution in [-0.2, 0) is 13.8 Å². The molecule has 1 amide bonds. The standard InChI is InChI=1S/C27H26N6O2/c1-17-9-10-26(18(2)11-17)35-16-33-15-20(13-29-33)30-27(34)22-12-25(23-14-28-32(4)19(23)3)31-24-8-6-5-7-21(22)24/h5-15H,16H2,1-4H3,(H,30,34). The van der Waals surface area contributed by atoms with Gasteiger partial charge in [-0.05, 0) is 44.5 Å². The number of aromatic nitrogens is 5. The number of aryl methyl sites for hydroxylation is 3. The van der Waals surface area contributed by atoms with Gasteiger partial charge in [0.25, 0.3) is 5.91 Å². The molecule has 5 rings (SSSR count). The van der Waals surface area contributed by atoms with E-state index in [-0.39, 0.29) is 12.6 Å². The number of hydrogen-bond donors (Lipinski definition) is 1. The van der Waals surface area contributed by atoms with Gasteiger partial charge in [0.15, 0.2) is 6.73 Å². The van der Waals surface area contributed by atoms with Crippen LogP contribution in [0.1, 0.15) is 27.2 Å². The van der Waals surface area contributed by atoms with Gasteiger partial charge < -0.3 is 10.1 Å². The number of rotatable bonds is 6. The third-order valence-corrected chi connectivity index (χ3v) is 6.05. The molecule has 8 nitrogen and oxygen atoms in total. The van der Waals surface area contributed by atoms with Gasteiger partial charge in [-0.25, -0.2) is 9.67 Å². The largest absolute Gasteiger partial charge is 0.471 e. The molecule has 0 saturated carbocycles. The van der Waals surface area contributed by atoms with Crippen molar-refractivity contribution in [3.63, 3.8) is 0 Å². The van der Waals surface area contributed by atoms with Gasteiger partial charge in [-0.2, -0.15) is 10.2 Å². The van der Waals surface area contributed by atoms with Gasteiger partial charge in [-0.1, -0.05) is 35.9 Å². The third kappa shape index (κ3) is 4.50. The van der Waals surface area contributed by atoms with Gasteiger partial charge in [0, 0.05) is 23.7 Å². The van der Waals surface area contributed by atoms with Crippen LogP contribution < -0.4 is 10.1 Å². The van der Waals surface area contributed by atoms with Crippen LogP contribution in [0.3, 0.4) is 0 Å². The second kappa shape index (κ2) is 9.06. The Hall–Kier alpha value is -4.46. The van der Waals surface area contributed by atoms with Crippen LogP contribution in [-0.4, -0.2) is 30.5 Å². The van der Waals surface area contributed by atoms with Gasteiger partial charge in [0.05, 0.1) is 41.1 Å². The average molecular weight is 467 g/mol. The van der Waals surface area contributed by atoms with Crippen LogP contribution in [0.4, 0.5) is 5.69 Å². The molecule has 3 heterocycles. The molecule has 0 radical (unpaired) electrons. The minimum absolute atomic E-state index is 0.235. The lowest BCUT2D eigenvalue weighted by Crippen LogP contribution is -2.13. The number of ether oxygens (including phenoxy) is 1. The maximum atomic E-state index is 13.3. The molecule has 176 valence electrons. The molecular weight excluding hydrogens is 440 g/mol. The maximum absolute atomic E-state index is 13.3. The molecule has 0 fully saturated rings. The number of carbonyl (C=O) groups is 1. The van der Waals surface area contributed by atoms with E-state index in [0.717, 1.165) is 33.5 Å². The Morgan fingerprint density at radius 3 is 2.63 bits per heavy atom. The average Bonchev–Trinajstić information content (AvgIpc) is 3.43. The van der Waals surface area contributed by atoms with E-state index in [1.807, 2.05) is 70.3 Å². The van der Waals surface area contributed by atoms with E-state index in [2.05, 4.69) is 21.6 Å². The predicted molar refractivity (Wildman–Crippen MR) is 135 cm³/mol. The molecule has 3 aromatic heterocycles. The minimum Gasteiger partial charge on any atom is -0.471 e. The van der Waals surface area contributed by atoms with Crippen LogP contribution in [0.25, 0.3) is 22.2 Å². The molecule has 0 unspecified atom stereocenters. The molecule has 0 spiro atoms. The highest BCUT2D eigenvalue weighted by molar-refractivity contribution is 6.13. The van der Waals surface area contributed by atoms with Crippen molar-refractivity contribution in [1.29, 1.82) is 0 Å². The minimum atomic E-state index is -0.235. The van der Waals surface area contributed by atoms with E-state index < -0.39 is 0 Å². The number of carbonyl (C=O) groups excluding carboxylic acids is 1. The molecule has 0 bridgehead atoms. The van der Waals surface area contributed by atoms with E-state index in [0.29, 0.717) is 16.9 Å². The van der Waals surface area contributed by atoms with Crippen molar-refractivity contribution in [1.82, 2.24) is 24.5 Å². The first-order valence-corrected chi connectivity index (χ1v) is 11.3. The molecule has 0 aliphatic heterocycles. The second-order valence-corrected chi connectivity index (χ2v) is 8.60. The number of benzene rings is 2. The fourth-order valence-corrected chi connectivity index (χ4v) is 4.05. The fourth-order valence-electron chi connectivity index (χ4n) is 4.05. The molecule has 0 aliphatic carbocycles. The Morgan fingerprint density at radius 1 is 1.03 bits per heavy atom. The molecule has 5 aromatic rings. The molecule has 0 atom stereocenters. The summed E-state index contributed by atoms with van der Waals surface area (Å²) >= 11 is 0. The topological polar surface area (TPSA) is 86.9 Å². The summed E-state index contributed by atoms with van der Waals surface area (Å²) in [5.41, 5.74) is 6.69. The van der Waals surface area contributed by atoms with E-state index in [1.54, 1.807) is 28.0 Å². The summed E-state index contributed by atoms with van der Waals surface area (Å²) in [6.07, 6.45) is 5.13. The number of pyridine rings is 1. The SMILES string of the molecule is Cc1ccc(OCn2cc(NC(=O)c3cc(-c4cnn(C)c4C)nc4ccccc34)cn2)c(C)c1. The number of anilines is 1. The third-order valence-electron chi connectivity index (χ3n) is 6.05. The first-order chi connectivity index (χ1) is 16.9. The van der Waals surface area contributed by atoms with Crippen molar-refractivity contribution in [2.24, 2.45) is 7.05 Å². The van der Waals surface area contributed by atoms with Crippen molar-refractivity contribution in [3.05, 3.63) is 89.5 Å². The smallest absolute Gasteiger partial charge is 0.256 e. The predicted octanol–water partition coefficient (Wildman–Crippen LogP) is 5.05. The zero-order valence-electron chi connectivity index (χ0n) is 20.1. The molecule has 8 heteroatoms. The van der Waals surface area contributed by atoms with E-state index in [9.17, 15) is 4.79 Å². The number of fused-ring (bicyclic) bond motifs is 1. The summed E-state index contributed by atoms with van der Waals surface area (Å²) in [6.45, 7) is 6.28. The zero-order chi connectivity index (χ0) is 24.5. The quantitative estimate of drug-likeness (QED) is 0.379. The molecule has 0 saturated heterocycles. The maximum Gasteiger partial charge on any atom is 0.256 e. The zero-order valence-corrected chi connectivity index (χ0v) is 20.1. The molecule has 0 aliphatic rings. The number of nitrogens with zero attached hydrogens (tertiary/aromatic N) is 5. The second-order valence-electron chi connectivity index (χ2n) is 8.60. The number of amides is 1. The van der Waals surface area contributed by atoms with Crippen molar-refractivity contribution >= 4 is 22.5 Å². The van der Waals surface area contributed by atoms with Gasteiger partial charge in [0.2, 0.25) is 0 Å². The van der Waals surface area contributed by atoms with Crippen molar-refractivity contribution < 1.29 is 9.53 Å². The molecular formula is C27H26N6O2. The first-order valence-electron chi connectivity index (χ1n) is 11.3. The lowest BCUT2D eigenvalue weighted by molar-refractivity contribution is 0.102. The van der Waals surface area contributed by atoms with Crippen LogP contribution in [0.15, 0.2) is 67.1 Å². The Balaban J connectivity index is 1.38. The van der Waals surface area contributed by atoms with Crippen molar-refractivity contribution in [2.75, 3.05) is 5.32 Å². The number of hydrogen-bond acceptors (Lipinski definition) is 5. The summed E-state index contributed by atoms with van der Waals surface area (Å²) in [5.74, 6) is 0.569. The lowest BCUT2D eigenvalue weighted by Gasteiger charge is -2.10.